The van der Waals surface area contributed by atoms with Gasteiger partial charge in [0.25, 0.3) is 5.69 Å². The van der Waals surface area contributed by atoms with E-state index in [1.807, 2.05) is 12.1 Å². The maximum absolute atomic E-state index is 11.0. The van der Waals surface area contributed by atoms with Gasteiger partial charge in [0.15, 0.2) is 0 Å². The third-order valence-corrected chi connectivity index (χ3v) is 6.27. The van der Waals surface area contributed by atoms with Crippen LogP contribution >= 0.6 is 11.9 Å². The maximum Gasteiger partial charge on any atom is 0.269 e. The standard InChI is InChI=1S/C28H26N2O2S/c1-28(2,3)26-19-22(20-10-6-4-7-11-20)18-25(21-12-8-5-9-13-21)27(26)29-33-24-16-14-23(15-17-24)30(31)32/h4-19,29H,1-3H3. The molecule has 4 rings (SSSR count). The van der Waals surface area contributed by atoms with E-state index >= 15 is 0 Å². The van der Waals surface area contributed by atoms with Gasteiger partial charge in [-0.3, -0.25) is 10.1 Å². The Morgan fingerprint density at radius 3 is 1.88 bits per heavy atom. The Kier molecular flexibility index (Phi) is 6.52. The Morgan fingerprint density at radius 2 is 1.33 bits per heavy atom. The van der Waals surface area contributed by atoms with Gasteiger partial charge in [0.05, 0.1) is 10.6 Å². The molecule has 0 amide bonds. The predicted octanol–water partition coefficient (Wildman–Crippen LogP) is 8.35. The summed E-state index contributed by atoms with van der Waals surface area (Å²) in [6.45, 7) is 6.65. The molecular weight excluding hydrogens is 428 g/mol. The lowest BCUT2D eigenvalue weighted by atomic mass is 9.81. The van der Waals surface area contributed by atoms with Crippen LogP contribution in [-0.2, 0) is 5.41 Å². The fraction of sp³-hybridized carbons (Fsp3) is 0.143. The number of nitrogens with one attached hydrogen (secondary N) is 1. The van der Waals surface area contributed by atoms with Crippen molar-refractivity contribution in [2.75, 3.05) is 4.72 Å². The number of nitro groups is 1. The average molecular weight is 455 g/mol. The second kappa shape index (κ2) is 9.51. The lowest BCUT2D eigenvalue weighted by Gasteiger charge is -2.27. The Balaban J connectivity index is 1.82. The molecule has 0 saturated heterocycles. The van der Waals surface area contributed by atoms with Crippen LogP contribution in [0.1, 0.15) is 26.3 Å². The van der Waals surface area contributed by atoms with Crippen LogP contribution in [0.3, 0.4) is 0 Å². The molecule has 0 saturated carbocycles. The summed E-state index contributed by atoms with van der Waals surface area (Å²) in [5.74, 6) is 0. The topological polar surface area (TPSA) is 55.2 Å². The minimum atomic E-state index is -0.380. The van der Waals surface area contributed by atoms with E-state index in [-0.39, 0.29) is 16.0 Å². The molecule has 0 radical (unpaired) electrons. The minimum Gasteiger partial charge on any atom is -0.325 e. The van der Waals surface area contributed by atoms with Crippen LogP contribution in [0.4, 0.5) is 11.4 Å². The van der Waals surface area contributed by atoms with Crippen LogP contribution in [0.15, 0.2) is 102 Å². The molecule has 0 fully saturated rings. The van der Waals surface area contributed by atoms with Gasteiger partial charge >= 0.3 is 0 Å². The smallest absolute Gasteiger partial charge is 0.269 e. The summed E-state index contributed by atoms with van der Waals surface area (Å²) >= 11 is 1.46. The number of benzene rings is 4. The highest BCUT2D eigenvalue weighted by atomic mass is 32.2. The molecule has 0 atom stereocenters. The zero-order valence-corrected chi connectivity index (χ0v) is 19.7. The third-order valence-electron chi connectivity index (χ3n) is 5.46. The van der Waals surface area contributed by atoms with Gasteiger partial charge in [-0.05, 0) is 63.9 Å². The van der Waals surface area contributed by atoms with Gasteiger partial charge in [0.1, 0.15) is 0 Å². The molecule has 5 heteroatoms. The summed E-state index contributed by atoms with van der Waals surface area (Å²) in [5, 5.41) is 11.0. The van der Waals surface area contributed by atoms with Crippen molar-refractivity contribution in [1.82, 2.24) is 0 Å². The second-order valence-electron chi connectivity index (χ2n) is 8.88. The van der Waals surface area contributed by atoms with Crippen LogP contribution < -0.4 is 4.72 Å². The van der Waals surface area contributed by atoms with E-state index in [0.29, 0.717) is 0 Å². The van der Waals surface area contributed by atoms with Gasteiger partial charge in [0, 0.05) is 22.6 Å². The molecule has 4 nitrogen and oxygen atoms in total. The molecule has 0 aromatic heterocycles. The van der Waals surface area contributed by atoms with Gasteiger partial charge in [-0.2, -0.15) is 0 Å². The Bertz CT molecular complexity index is 1250. The van der Waals surface area contributed by atoms with Crippen LogP contribution in [0.25, 0.3) is 22.3 Å². The van der Waals surface area contributed by atoms with Crippen molar-refractivity contribution in [3.8, 4) is 22.3 Å². The number of nitrogens with zero attached hydrogens (tertiary/aromatic N) is 1. The first-order chi connectivity index (χ1) is 15.8. The number of rotatable bonds is 6. The van der Waals surface area contributed by atoms with Crippen molar-refractivity contribution >= 4 is 23.3 Å². The summed E-state index contributed by atoms with van der Waals surface area (Å²) < 4.78 is 3.58. The molecule has 0 aliphatic carbocycles. The quantitative estimate of drug-likeness (QED) is 0.181. The Morgan fingerprint density at radius 1 is 0.758 bits per heavy atom. The van der Waals surface area contributed by atoms with Crippen LogP contribution in [0.5, 0.6) is 0 Å². The summed E-state index contributed by atoms with van der Waals surface area (Å²) in [6, 6.07) is 31.9. The average Bonchev–Trinajstić information content (AvgIpc) is 2.83. The van der Waals surface area contributed by atoms with Crippen molar-refractivity contribution in [3.63, 3.8) is 0 Å². The number of non-ortho nitro benzene ring substituents is 1. The molecule has 4 aromatic rings. The van der Waals surface area contributed by atoms with E-state index in [1.54, 1.807) is 12.1 Å². The van der Waals surface area contributed by atoms with E-state index in [2.05, 4.69) is 86.2 Å². The predicted molar refractivity (Wildman–Crippen MR) is 139 cm³/mol. The Labute approximate surface area is 199 Å². The zero-order valence-electron chi connectivity index (χ0n) is 18.9. The van der Waals surface area contributed by atoms with Gasteiger partial charge in [-0.25, -0.2) is 0 Å². The minimum absolute atomic E-state index is 0.0897. The van der Waals surface area contributed by atoms with E-state index < -0.39 is 0 Å². The second-order valence-corrected chi connectivity index (χ2v) is 9.76. The molecule has 0 spiro atoms. The molecular formula is C28H26N2O2S. The lowest BCUT2D eigenvalue weighted by Crippen LogP contribution is -2.14. The highest BCUT2D eigenvalue weighted by molar-refractivity contribution is 8.00. The van der Waals surface area contributed by atoms with Crippen LogP contribution in [0, 0.1) is 10.1 Å². The van der Waals surface area contributed by atoms with Crippen LogP contribution in [-0.4, -0.2) is 4.92 Å². The summed E-state index contributed by atoms with van der Waals surface area (Å²) in [7, 11) is 0. The molecule has 1 N–H and O–H groups in total. The SMILES string of the molecule is CC(C)(C)c1cc(-c2ccccc2)cc(-c2ccccc2)c1NSc1ccc([N+](=O)[O-])cc1. The normalized spacial score (nSPS) is 11.2. The zero-order chi connectivity index (χ0) is 23.4. The number of hydrogen-bond donors (Lipinski definition) is 1. The molecule has 0 aliphatic rings. The molecule has 0 bridgehead atoms. The largest absolute Gasteiger partial charge is 0.325 e. The van der Waals surface area contributed by atoms with Crippen LogP contribution in [0.2, 0.25) is 0 Å². The summed E-state index contributed by atoms with van der Waals surface area (Å²) in [6.07, 6.45) is 0. The molecule has 0 aliphatic heterocycles. The number of anilines is 1. The van der Waals surface area contributed by atoms with Gasteiger partial charge in [-0.1, -0.05) is 81.4 Å². The fourth-order valence-electron chi connectivity index (χ4n) is 3.73. The van der Waals surface area contributed by atoms with Gasteiger partial charge in [0.2, 0.25) is 0 Å². The van der Waals surface area contributed by atoms with Crippen molar-refractivity contribution in [2.45, 2.75) is 31.1 Å². The summed E-state index contributed by atoms with van der Waals surface area (Å²) in [5.41, 5.74) is 6.84. The highest BCUT2D eigenvalue weighted by Gasteiger charge is 2.23. The molecule has 0 heterocycles. The van der Waals surface area contributed by atoms with Gasteiger partial charge in [-0.15, -0.1) is 0 Å². The van der Waals surface area contributed by atoms with E-state index in [4.69, 9.17) is 0 Å². The van der Waals surface area contributed by atoms with Crippen molar-refractivity contribution in [3.05, 3.63) is 113 Å². The first-order valence-corrected chi connectivity index (χ1v) is 11.6. The highest BCUT2D eigenvalue weighted by Crippen LogP contribution is 2.43. The number of nitro benzene ring substituents is 1. The Hall–Kier alpha value is -3.57. The van der Waals surface area contributed by atoms with Crippen molar-refractivity contribution < 1.29 is 4.92 Å². The summed E-state index contributed by atoms with van der Waals surface area (Å²) in [4.78, 5) is 11.5. The maximum atomic E-state index is 11.0. The monoisotopic (exact) mass is 454 g/mol. The molecule has 33 heavy (non-hydrogen) atoms. The van der Waals surface area contributed by atoms with E-state index in [9.17, 15) is 10.1 Å². The van der Waals surface area contributed by atoms with Crippen molar-refractivity contribution in [2.24, 2.45) is 0 Å². The van der Waals surface area contributed by atoms with E-state index in [1.165, 1.54) is 40.8 Å². The fourth-order valence-corrected chi connectivity index (χ4v) is 4.44. The first-order valence-electron chi connectivity index (χ1n) is 10.8. The first kappa shape index (κ1) is 22.6. The molecule has 166 valence electrons. The third kappa shape index (κ3) is 5.26. The number of hydrogen-bond acceptors (Lipinski definition) is 4. The molecule has 4 aromatic carbocycles. The van der Waals surface area contributed by atoms with E-state index in [0.717, 1.165) is 21.7 Å². The van der Waals surface area contributed by atoms with Crippen molar-refractivity contribution in [1.29, 1.82) is 0 Å². The van der Waals surface area contributed by atoms with Gasteiger partial charge < -0.3 is 4.72 Å². The lowest BCUT2D eigenvalue weighted by molar-refractivity contribution is -0.384. The molecule has 0 unspecified atom stereocenters.